The maximum Gasteiger partial charge on any atom is 0.490 e. The summed E-state index contributed by atoms with van der Waals surface area (Å²) in [4.78, 5) is 27.9. The molecule has 2 N–H and O–H groups in total. The molecule has 1 fully saturated rings. The van der Waals surface area contributed by atoms with Gasteiger partial charge in [0.05, 0.1) is 7.11 Å². The molecule has 158 valence electrons. The maximum absolute atomic E-state index is 12.8. The van der Waals surface area contributed by atoms with Crippen molar-refractivity contribution in [2.24, 2.45) is 0 Å². The number of pyridine rings is 1. The van der Waals surface area contributed by atoms with Gasteiger partial charge in [0.2, 0.25) is 5.88 Å². The van der Waals surface area contributed by atoms with E-state index in [1.54, 1.807) is 7.11 Å². The number of halogens is 3. The molecule has 0 spiro atoms. The first-order chi connectivity index (χ1) is 13.4. The lowest BCUT2D eigenvalue weighted by Crippen LogP contribution is -2.58. The fraction of sp³-hybridized carbons (Fsp3) is 0.421. The van der Waals surface area contributed by atoms with E-state index in [1.165, 1.54) is 0 Å². The molecule has 7 nitrogen and oxygen atoms in total. The van der Waals surface area contributed by atoms with Gasteiger partial charge in [0.1, 0.15) is 5.69 Å². The normalized spacial score (nSPS) is 16.0. The summed E-state index contributed by atoms with van der Waals surface area (Å²) in [6, 6.07) is 9.65. The fourth-order valence-electron chi connectivity index (χ4n) is 2.91. The van der Waals surface area contributed by atoms with Gasteiger partial charge in [-0.2, -0.15) is 13.2 Å². The summed E-state index contributed by atoms with van der Waals surface area (Å²) < 4.78 is 37.1. The topological polar surface area (TPSA) is 91.8 Å². The Hall–Kier alpha value is -2.88. The zero-order valence-electron chi connectivity index (χ0n) is 16.2. The van der Waals surface area contributed by atoms with E-state index < -0.39 is 12.1 Å². The standard InChI is InChI=1S/C17H21N3O2.C2HF3O2/c1-17(2)11-20(9-8-18-17)16(21)14-10-12-6-4-5-7-13(12)15(19-14)22-3;3-2(4,5)1(6)7/h4-7,10,18H,8-9,11H2,1-3H3;(H,6,7). The molecule has 3 rings (SSSR count). The molecule has 1 aromatic carbocycles. The number of carbonyl (C=O) groups excluding carboxylic acids is 1. The minimum atomic E-state index is -5.08. The lowest BCUT2D eigenvalue weighted by atomic mass is 10.0. The van der Waals surface area contributed by atoms with Gasteiger partial charge >= 0.3 is 12.1 Å². The monoisotopic (exact) mass is 413 g/mol. The molecule has 0 unspecified atom stereocenters. The number of alkyl halides is 3. The Bertz CT molecular complexity index is 900. The van der Waals surface area contributed by atoms with Gasteiger partial charge in [-0.05, 0) is 31.4 Å². The minimum absolute atomic E-state index is 0.0429. The quantitative estimate of drug-likeness (QED) is 0.787. The number of aromatic nitrogens is 1. The number of hydrogen-bond acceptors (Lipinski definition) is 5. The van der Waals surface area contributed by atoms with Crippen molar-refractivity contribution >= 4 is 22.6 Å². The maximum atomic E-state index is 12.8. The summed E-state index contributed by atoms with van der Waals surface area (Å²) in [6.07, 6.45) is -5.08. The number of amides is 1. The van der Waals surface area contributed by atoms with Gasteiger partial charge in [-0.1, -0.05) is 18.2 Å². The molecule has 0 bridgehead atoms. The van der Waals surface area contributed by atoms with E-state index in [1.807, 2.05) is 35.2 Å². The van der Waals surface area contributed by atoms with E-state index in [0.29, 0.717) is 24.7 Å². The molecule has 2 heterocycles. The lowest BCUT2D eigenvalue weighted by Gasteiger charge is -2.39. The number of carboxylic acid groups (broad SMARTS) is 1. The molecular weight excluding hydrogens is 391 g/mol. The van der Waals surface area contributed by atoms with Gasteiger partial charge in [-0.25, -0.2) is 9.78 Å². The van der Waals surface area contributed by atoms with Crippen molar-refractivity contribution in [2.75, 3.05) is 26.7 Å². The van der Waals surface area contributed by atoms with Crippen LogP contribution in [0, 0.1) is 0 Å². The van der Waals surface area contributed by atoms with Crippen LogP contribution in [0.1, 0.15) is 24.3 Å². The summed E-state index contributed by atoms with van der Waals surface area (Å²) in [5.41, 5.74) is 0.364. The van der Waals surface area contributed by atoms with Gasteiger partial charge < -0.3 is 20.1 Å². The van der Waals surface area contributed by atoms with Crippen LogP contribution in [0.15, 0.2) is 30.3 Å². The molecule has 1 aliphatic heterocycles. The second-order valence-electron chi connectivity index (χ2n) is 7.08. The third kappa shape index (κ3) is 5.80. The SMILES string of the molecule is COc1nc(C(=O)N2CCNC(C)(C)C2)cc2ccccc12.O=C(O)C(F)(F)F. The Morgan fingerprint density at radius 2 is 1.90 bits per heavy atom. The molecule has 1 amide bonds. The number of nitrogens with one attached hydrogen (secondary N) is 1. The van der Waals surface area contributed by atoms with E-state index in [-0.39, 0.29) is 11.4 Å². The first-order valence-corrected chi connectivity index (χ1v) is 8.73. The zero-order chi connectivity index (χ0) is 21.8. The van der Waals surface area contributed by atoms with E-state index in [4.69, 9.17) is 14.6 Å². The van der Waals surface area contributed by atoms with Gasteiger partial charge in [-0.3, -0.25) is 4.79 Å². The minimum Gasteiger partial charge on any atom is -0.481 e. The molecule has 0 atom stereocenters. The fourth-order valence-corrected chi connectivity index (χ4v) is 2.91. The molecule has 1 aromatic heterocycles. The van der Waals surface area contributed by atoms with Crippen molar-refractivity contribution < 1.29 is 32.6 Å². The van der Waals surface area contributed by atoms with E-state index in [2.05, 4.69) is 24.1 Å². The predicted molar refractivity (Wildman–Crippen MR) is 100.0 cm³/mol. The summed E-state index contributed by atoms with van der Waals surface area (Å²) in [5, 5.41) is 12.4. The highest BCUT2D eigenvalue weighted by atomic mass is 19.4. The molecule has 1 saturated heterocycles. The van der Waals surface area contributed by atoms with E-state index >= 15 is 0 Å². The van der Waals surface area contributed by atoms with Crippen LogP contribution in [0.25, 0.3) is 10.8 Å². The first-order valence-electron chi connectivity index (χ1n) is 8.73. The molecule has 0 saturated carbocycles. The highest BCUT2D eigenvalue weighted by Gasteiger charge is 2.38. The van der Waals surface area contributed by atoms with Crippen molar-refractivity contribution in [2.45, 2.75) is 25.6 Å². The van der Waals surface area contributed by atoms with Gasteiger partial charge in [-0.15, -0.1) is 0 Å². The van der Waals surface area contributed by atoms with Crippen LogP contribution in [0.5, 0.6) is 5.88 Å². The second-order valence-corrected chi connectivity index (χ2v) is 7.08. The number of benzene rings is 1. The van der Waals surface area contributed by atoms with Crippen LogP contribution < -0.4 is 10.1 Å². The molecule has 2 aromatic rings. The number of nitrogens with zero attached hydrogens (tertiary/aromatic N) is 2. The third-order valence-electron chi connectivity index (χ3n) is 4.22. The van der Waals surface area contributed by atoms with Gasteiger partial charge in [0, 0.05) is 30.6 Å². The van der Waals surface area contributed by atoms with Crippen molar-refractivity contribution in [1.29, 1.82) is 0 Å². The summed E-state index contributed by atoms with van der Waals surface area (Å²) in [7, 11) is 1.58. The Kier molecular flexibility index (Phi) is 6.68. The van der Waals surface area contributed by atoms with E-state index in [0.717, 1.165) is 17.3 Å². The molecule has 0 aliphatic carbocycles. The largest absolute Gasteiger partial charge is 0.490 e. The molecule has 10 heteroatoms. The molecule has 0 radical (unpaired) electrons. The van der Waals surface area contributed by atoms with Crippen LogP contribution in [0.2, 0.25) is 0 Å². The molecule has 1 aliphatic rings. The number of aliphatic carboxylic acids is 1. The Labute approximate surface area is 165 Å². The average Bonchev–Trinajstić information content (AvgIpc) is 2.65. The zero-order valence-corrected chi connectivity index (χ0v) is 16.2. The Morgan fingerprint density at radius 1 is 1.28 bits per heavy atom. The smallest absolute Gasteiger partial charge is 0.481 e. The van der Waals surface area contributed by atoms with Crippen molar-refractivity contribution in [3.63, 3.8) is 0 Å². The number of carbonyl (C=O) groups is 2. The summed E-state index contributed by atoms with van der Waals surface area (Å²) in [5.74, 6) is -2.30. The second kappa shape index (κ2) is 8.64. The number of carboxylic acids is 1. The predicted octanol–water partition coefficient (Wildman–Crippen LogP) is 2.70. The van der Waals surface area contributed by atoms with Crippen molar-refractivity contribution in [3.8, 4) is 5.88 Å². The Morgan fingerprint density at radius 3 is 2.45 bits per heavy atom. The number of rotatable bonds is 2. The van der Waals surface area contributed by atoms with Crippen LogP contribution in [-0.2, 0) is 4.79 Å². The van der Waals surface area contributed by atoms with Crippen LogP contribution >= 0.6 is 0 Å². The molecule has 29 heavy (non-hydrogen) atoms. The van der Waals surface area contributed by atoms with E-state index in [9.17, 15) is 18.0 Å². The van der Waals surface area contributed by atoms with Crippen LogP contribution in [0.3, 0.4) is 0 Å². The van der Waals surface area contributed by atoms with Crippen LogP contribution in [0.4, 0.5) is 13.2 Å². The van der Waals surface area contributed by atoms with Crippen molar-refractivity contribution in [3.05, 3.63) is 36.0 Å². The number of piperazine rings is 1. The highest BCUT2D eigenvalue weighted by Crippen LogP contribution is 2.25. The number of fused-ring (bicyclic) bond motifs is 1. The lowest BCUT2D eigenvalue weighted by molar-refractivity contribution is -0.192. The number of hydrogen-bond donors (Lipinski definition) is 2. The number of ether oxygens (including phenoxy) is 1. The average molecular weight is 413 g/mol. The van der Waals surface area contributed by atoms with Crippen LogP contribution in [-0.4, -0.2) is 65.3 Å². The van der Waals surface area contributed by atoms with Gasteiger partial charge in [0.25, 0.3) is 5.91 Å². The van der Waals surface area contributed by atoms with Crippen molar-refractivity contribution in [1.82, 2.24) is 15.2 Å². The van der Waals surface area contributed by atoms with Gasteiger partial charge in [0.15, 0.2) is 0 Å². The summed E-state index contributed by atoms with van der Waals surface area (Å²) >= 11 is 0. The first kappa shape index (κ1) is 22.4. The highest BCUT2D eigenvalue weighted by molar-refractivity contribution is 5.98. The summed E-state index contributed by atoms with van der Waals surface area (Å²) in [6.45, 7) is 6.35. The third-order valence-corrected chi connectivity index (χ3v) is 4.22. The molecular formula is C19H22F3N3O4. The number of methoxy groups -OCH3 is 1. The Balaban J connectivity index is 0.000000370.